The Hall–Kier alpha value is -0.900. The van der Waals surface area contributed by atoms with Gasteiger partial charge in [0.15, 0.2) is 0 Å². The summed E-state index contributed by atoms with van der Waals surface area (Å²) in [5.74, 6) is -2.55. The fourth-order valence-corrected chi connectivity index (χ4v) is 2.13. The predicted octanol–water partition coefficient (Wildman–Crippen LogP) is -1.36. The highest BCUT2D eigenvalue weighted by molar-refractivity contribution is 5.75. The summed E-state index contributed by atoms with van der Waals surface area (Å²) in [5.41, 5.74) is 0. The maximum atomic E-state index is 10.6. The van der Waals surface area contributed by atoms with Crippen molar-refractivity contribution >= 4 is 12.3 Å². The molecule has 0 saturated carbocycles. The van der Waals surface area contributed by atoms with Crippen LogP contribution in [0.2, 0.25) is 0 Å². The summed E-state index contributed by atoms with van der Waals surface area (Å²) in [4.78, 5) is 21.0. The van der Waals surface area contributed by atoms with Gasteiger partial charge in [0.25, 0.3) is 0 Å². The van der Waals surface area contributed by atoms with E-state index in [4.69, 9.17) is 4.74 Å². The quantitative estimate of drug-likeness (QED) is 0.510. The van der Waals surface area contributed by atoms with E-state index in [-0.39, 0.29) is 12.2 Å². The number of aliphatic carboxylic acids is 1. The van der Waals surface area contributed by atoms with Gasteiger partial charge in [-0.15, -0.1) is 0 Å². The maximum Gasteiger partial charge on any atom is 0.205 e. The fourth-order valence-electron chi connectivity index (χ4n) is 2.13. The van der Waals surface area contributed by atoms with E-state index in [9.17, 15) is 14.7 Å². The van der Waals surface area contributed by atoms with E-state index in [1.165, 1.54) is 0 Å². The van der Waals surface area contributed by atoms with E-state index >= 15 is 0 Å². The molecule has 2 saturated heterocycles. The normalized spacial score (nSPS) is 44.7. The number of hydrogen-bond acceptors (Lipinski definition) is 4. The van der Waals surface area contributed by atoms with E-state index in [1.54, 1.807) is 6.29 Å². The van der Waals surface area contributed by atoms with Crippen molar-refractivity contribution in [2.75, 3.05) is 0 Å². The minimum atomic E-state index is -1.18. The third-order valence-corrected chi connectivity index (χ3v) is 2.68. The van der Waals surface area contributed by atoms with Crippen molar-refractivity contribution in [1.82, 2.24) is 0 Å². The second kappa shape index (κ2) is 2.55. The zero-order chi connectivity index (χ0) is 8.72. The lowest BCUT2D eigenvalue weighted by molar-refractivity contribution is -0.313. The van der Waals surface area contributed by atoms with E-state index in [0.29, 0.717) is 0 Å². The average Bonchev–Trinajstić information content (AvgIpc) is 2.60. The third kappa shape index (κ3) is 0.876. The summed E-state index contributed by atoms with van der Waals surface area (Å²) in [6, 6.07) is 0. The van der Waals surface area contributed by atoms with Crippen LogP contribution in [0, 0.1) is 11.8 Å². The van der Waals surface area contributed by atoms with Gasteiger partial charge in [-0.25, -0.2) is 0 Å². The molecule has 4 atom stereocenters. The lowest BCUT2D eigenvalue weighted by Crippen LogP contribution is -2.42. The van der Waals surface area contributed by atoms with Gasteiger partial charge in [-0.05, 0) is 12.8 Å². The molecule has 2 rings (SSSR count). The first-order valence-electron chi connectivity index (χ1n) is 3.98. The van der Waals surface area contributed by atoms with Crippen LogP contribution in [0.15, 0.2) is 0 Å². The van der Waals surface area contributed by atoms with Crippen molar-refractivity contribution in [3.05, 3.63) is 0 Å². The topological polar surface area (TPSA) is 66.4 Å². The molecule has 0 aliphatic carbocycles. The molecule has 0 N–H and O–H groups in total. The van der Waals surface area contributed by atoms with Crippen LogP contribution in [0.25, 0.3) is 0 Å². The summed E-state index contributed by atoms with van der Waals surface area (Å²) in [6.07, 6.45) is 2.69. The molecule has 2 aliphatic rings. The Bertz CT molecular complexity index is 225. The Morgan fingerprint density at radius 3 is 2.58 bits per heavy atom. The molecule has 12 heavy (non-hydrogen) atoms. The van der Waals surface area contributed by atoms with Crippen molar-refractivity contribution < 1.29 is 19.4 Å². The van der Waals surface area contributed by atoms with Gasteiger partial charge in [0.05, 0.1) is 18.1 Å². The van der Waals surface area contributed by atoms with Gasteiger partial charge in [-0.3, -0.25) is 4.79 Å². The molecule has 0 aromatic rings. The molecule has 65 valence electrons. The molecule has 0 spiro atoms. The predicted molar refractivity (Wildman–Crippen MR) is 35.6 cm³/mol. The van der Waals surface area contributed by atoms with Crippen LogP contribution in [-0.2, 0) is 14.3 Å². The van der Waals surface area contributed by atoms with Gasteiger partial charge >= 0.3 is 0 Å². The van der Waals surface area contributed by atoms with Crippen molar-refractivity contribution in [2.45, 2.75) is 25.0 Å². The molecule has 1 radical (unpaired) electrons. The van der Waals surface area contributed by atoms with E-state index in [1.807, 2.05) is 0 Å². The SMILES string of the molecule is O=[C]C1C(C(=O)[O-])[C@H]2CC[C@@H]1O2. The molecule has 2 bridgehead atoms. The van der Waals surface area contributed by atoms with Crippen molar-refractivity contribution in [3.8, 4) is 0 Å². The van der Waals surface area contributed by atoms with Crippen LogP contribution in [0.1, 0.15) is 12.8 Å². The Labute approximate surface area is 69.5 Å². The lowest BCUT2D eigenvalue weighted by Gasteiger charge is -2.23. The molecular formula is C8H8O4-. The number of carboxylic acid groups (broad SMARTS) is 1. The molecule has 2 fully saturated rings. The molecule has 0 aromatic carbocycles. The smallest absolute Gasteiger partial charge is 0.205 e. The number of carbonyl (C=O) groups excluding carboxylic acids is 2. The molecule has 4 nitrogen and oxygen atoms in total. The largest absolute Gasteiger partial charge is 0.550 e. The van der Waals surface area contributed by atoms with Crippen LogP contribution in [0.5, 0.6) is 0 Å². The van der Waals surface area contributed by atoms with Crippen molar-refractivity contribution in [3.63, 3.8) is 0 Å². The second-order valence-corrected chi connectivity index (χ2v) is 3.28. The van der Waals surface area contributed by atoms with Crippen molar-refractivity contribution in [1.29, 1.82) is 0 Å². The zero-order valence-corrected chi connectivity index (χ0v) is 6.36. The van der Waals surface area contributed by atoms with Crippen LogP contribution in [0.4, 0.5) is 0 Å². The Kier molecular flexibility index (Phi) is 1.65. The second-order valence-electron chi connectivity index (χ2n) is 3.28. The Balaban J connectivity index is 2.21. The molecule has 4 heteroatoms. The highest BCUT2D eigenvalue weighted by atomic mass is 16.5. The summed E-state index contributed by atoms with van der Waals surface area (Å²) in [6.45, 7) is 0. The Morgan fingerprint density at radius 1 is 1.42 bits per heavy atom. The summed E-state index contributed by atoms with van der Waals surface area (Å²) < 4.78 is 5.27. The summed E-state index contributed by atoms with van der Waals surface area (Å²) >= 11 is 0. The molecule has 0 aromatic heterocycles. The highest BCUT2D eigenvalue weighted by Crippen LogP contribution is 2.41. The number of ether oxygens (including phenoxy) is 1. The minimum Gasteiger partial charge on any atom is -0.550 e. The van der Waals surface area contributed by atoms with Gasteiger partial charge in [-0.2, -0.15) is 0 Å². The van der Waals surface area contributed by atoms with E-state index < -0.39 is 17.8 Å². The van der Waals surface area contributed by atoms with E-state index in [2.05, 4.69) is 0 Å². The standard InChI is InChI=1S/C8H9O4/c9-3-4-5-1-2-6(12-5)7(4)8(10)11/h4-7H,1-2H2,(H,10,11)/p-1/t4?,5-,6+,7?/m0/s1. The van der Waals surface area contributed by atoms with Gasteiger partial charge in [0.2, 0.25) is 6.29 Å². The highest BCUT2D eigenvalue weighted by Gasteiger charge is 2.49. The number of carboxylic acids is 1. The summed E-state index contributed by atoms with van der Waals surface area (Å²) in [7, 11) is 0. The fraction of sp³-hybridized carbons (Fsp3) is 0.750. The molecule has 2 heterocycles. The lowest BCUT2D eigenvalue weighted by atomic mass is 9.80. The molecule has 2 unspecified atom stereocenters. The van der Waals surface area contributed by atoms with Gasteiger partial charge < -0.3 is 14.6 Å². The van der Waals surface area contributed by atoms with Gasteiger partial charge in [0, 0.05) is 11.9 Å². The monoisotopic (exact) mass is 168 g/mol. The van der Waals surface area contributed by atoms with Crippen LogP contribution in [0.3, 0.4) is 0 Å². The molecule has 2 aliphatic heterocycles. The van der Waals surface area contributed by atoms with Gasteiger partial charge in [-0.1, -0.05) is 0 Å². The molecular weight excluding hydrogens is 160 g/mol. The molecule has 0 amide bonds. The van der Waals surface area contributed by atoms with Crippen LogP contribution < -0.4 is 5.11 Å². The number of fused-ring (bicyclic) bond motifs is 2. The third-order valence-electron chi connectivity index (χ3n) is 2.68. The number of rotatable bonds is 2. The average molecular weight is 168 g/mol. The maximum absolute atomic E-state index is 10.6. The number of carbonyl (C=O) groups is 1. The first-order valence-corrected chi connectivity index (χ1v) is 3.98. The first kappa shape index (κ1) is 7.73. The van der Waals surface area contributed by atoms with Gasteiger partial charge in [0.1, 0.15) is 0 Å². The summed E-state index contributed by atoms with van der Waals surface area (Å²) in [5, 5.41) is 10.6. The van der Waals surface area contributed by atoms with E-state index in [0.717, 1.165) is 12.8 Å². The first-order chi connectivity index (χ1) is 5.74. The van der Waals surface area contributed by atoms with Crippen molar-refractivity contribution in [2.24, 2.45) is 11.8 Å². The minimum absolute atomic E-state index is 0.226. The zero-order valence-electron chi connectivity index (χ0n) is 6.36. The van der Waals surface area contributed by atoms with Crippen LogP contribution >= 0.6 is 0 Å². The van der Waals surface area contributed by atoms with Crippen LogP contribution in [-0.4, -0.2) is 24.5 Å². The Morgan fingerprint density at radius 2 is 2.08 bits per heavy atom. The number of hydrogen-bond donors (Lipinski definition) is 0.